The van der Waals surface area contributed by atoms with Crippen LogP contribution in [0.3, 0.4) is 0 Å². The van der Waals surface area contributed by atoms with E-state index in [1.165, 1.54) is 35.1 Å². The van der Waals surface area contributed by atoms with Crippen molar-refractivity contribution >= 4 is 0 Å². The van der Waals surface area contributed by atoms with Gasteiger partial charge in [-0.05, 0) is 49.8 Å². The monoisotopic (exact) mass is 444 g/mol. The van der Waals surface area contributed by atoms with Crippen LogP contribution in [0.2, 0.25) is 0 Å². The lowest BCUT2D eigenvalue weighted by Gasteiger charge is -2.30. The van der Waals surface area contributed by atoms with Gasteiger partial charge in [0, 0.05) is 42.0 Å². The SMILES string of the molecule is CCCC(C)N(Cc1ccccc1)Cc1cnc(-c2c(CC)cccc2CC)c(C)c1OC. The molecule has 1 aromatic heterocycles. The summed E-state index contributed by atoms with van der Waals surface area (Å²) in [7, 11) is 1.79. The summed E-state index contributed by atoms with van der Waals surface area (Å²) in [5.74, 6) is 0.967. The second kappa shape index (κ2) is 12.0. The predicted molar refractivity (Wildman–Crippen MR) is 140 cm³/mol. The molecule has 0 radical (unpaired) electrons. The Labute approximate surface area is 200 Å². The summed E-state index contributed by atoms with van der Waals surface area (Å²) >= 11 is 0. The second-order valence-electron chi connectivity index (χ2n) is 8.98. The largest absolute Gasteiger partial charge is 0.496 e. The maximum absolute atomic E-state index is 6.01. The Hall–Kier alpha value is -2.65. The zero-order chi connectivity index (χ0) is 23.8. The van der Waals surface area contributed by atoms with Crippen molar-refractivity contribution in [3.63, 3.8) is 0 Å². The van der Waals surface area contributed by atoms with Gasteiger partial charge in [0.25, 0.3) is 0 Å². The summed E-state index contributed by atoms with van der Waals surface area (Å²) in [6.07, 6.45) is 6.38. The molecule has 0 bridgehead atoms. The maximum atomic E-state index is 6.01. The van der Waals surface area contributed by atoms with Crippen LogP contribution in [0.15, 0.2) is 54.7 Å². The topological polar surface area (TPSA) is 25.4 Å². The predicted octanol–water partition coefficient (Wildman–Crippen LogP) is 7.38. The minimum Gasteiger partial charge on any atom is -0.496 e. The van der Waals surface area contributed by atoms with Crippen molar-refractivity contribution < 1.29 is 4.74 Å². The van der Waals surface area contributed by atoms with E-state index in [0.29, 0.717) is 6.04 Å². The highest BCUT2D eigenvalue weighted by atomic mass is 16.5. The Kier molecular flexibility index (Phi) is 9.08. The van der Waals surface area contributed by atoms with E-state index in [0.717, 1.165) is 48.5 Å². The summed E-state index contributed by atoms with van der Waals surface area (Å²) in [4.78, 5) is 7.58. The first-order valence-electron chi connectivity index (χ1n) is 12.4. The Morgan fingerprint density at radius 1 is 0.879 bits per heavy atom. The van der Waals surface area contributed by atoms with Crippen LogP contribution < -0.4 is 4.74 Å². The number of benzene rings is 2. The van der Waals surface area contributed by atoms with Crippen molar-refractivity contribution in [1.29, 1.82) is 0 Å². The molecule has 0 aliphatic carbocycles. The molecule has 3 nitrogen and oxygen atoms in total. The molecule has 1 heterocycles. The smallest absolute Gasteiger partial charge is 0.129 e. The molecule has 0 aliphatic heterocycles. The molecule has 176 valence electrons. The Morgan fingerprint density at radius 3 is 2.12 bits per heavy atom. The minimum absolute atomic E-state index is 0.479. The van der Waals surface area contributed by atoms with Gasteiger partial charge in [-0.3, -0.25) is 9.88 Å². The highest BCUT2D eigenvalue weighted by Gasteiger charge is 2.21. The average molecular weight is 445 g/mol. The number of pyridine rings is 1. The number of nitrogens with zero attached hydrogens (tertiary/aromatic N) is 2. The van der Waals surface area contributed by atoms with Crippen molar-refractivity contribution in [1.82, 2.24) is 9.88 Å². The van der Waals surface area contributed by atoms with Crippen molar-refractivity contribution in [3.8, 4) is 17.0 Å². The van der Waals surface area contributed by atoms with Crippen LogP contribution in [0, 0.1) is 6.92 Å². The van der Waals surface area contributed by atoms with Gasteiger partial charge in [0.05, 0.1) is 12.8 Å². The summed E-state index contributed by atoms with van der Waals surface area (Å²) in [5, 5.41) is 0. The van der Waals surface area contributed by atoms with Gasteiger partial charge in [-0.25, -0.2) is 0 Å². The molecule has 0 amide bonds. The molecule has 1 atom stereocenters. The molecule has 3 aromatic rings. The van der Waals surface area contributed by atoms with Crippen molar-refractivity contribution in [2.24, 2.45) is 0 Å². The van der Waals surface area contributed by atoms with Gasteiger partial charge in [-0.2, -0.15) is 0 Å². The molecule has 0 aliphatic rings. The first-order valence-corrected chi connectivity index (χ1v) is 12.4. The fraction of sp³-hybridized carbons (Fsp3) is 0.433. The molecule has 0 saturated heterocycles. The van der Waals surface area contributed by atoms with Gasteiger partial charge in [-0.1, -0.05) is 75.7 Å². The maximum Gasteiger partial charge on any atom is 0.129 e. The minimum atomic E-state index is 0.479. The van der Waals surface area contributed by atoms with Gasteiger partial charge < -0.3 is 4.74 Å². The normalized spacial score (nSPS) is 12.2. The Balaban J connectivity index is 2.01. The van der Waals surface area contributed by atoms with Crippen LogP contribution in [0.25, 0.3) is 11.3 Å². The summed E-state index contributed by atoms with van der Waals surface area (Å²) in [5.41, 5.74) is 8.67. The Morgan fingerprint density at radius 2 is 1.55 bits per heavy atom. The first-order chi connectivity index (χ1) is 16.0. The summed E-state index contributed by atoms with van der Waals surface area (Å²) < 4.78 is 6.01. The van der Waals surface area contributed by atoms with Crippen molar-refractivity contribution in [2.75, 3.05) is 7.11 Å². The number of rotatable bonds is 11. The molecule has 1 unspecified atom stereocenters. The third kappa shape index (κ3) is 5.83. The van der Waals surface area contributed by atoms with Crippen LogP contribution in [0.1, 0.15) is 68.4 Å². The van der Waals surface area contributed by atoms with Crippen molar-refractivity contribution in [3.05, 3.63) is 82.5 Å². The van der Waals surface area contributed by atoms with Crippen LogP contribution in [0.5, 0.6) is 5.75 Å². The van der Waals surface area contributed by atoms with E-state index in [9.17, 15) is 0 Å². The van der Waals surface area contributed by atoms with E-state index in [1.54, 1.807) is 7.11 Å². The highest BCUT2D eigenvalue weighted by molar-refractivity contribution is 5.73. The van der Waals surface area contributed by atoms with E-state index in [1.807, 2.05) is 6.20 Å². The molecule has 0 saturated carbocycles. The highest BCUT2D eigenvalue weighted by Crippen LogP contribution is 2.36. The zero-order valence-electron chi connectivity index (χ0n) is 21.3. The van der Waals surface area contributed by atoms with E-state index < -0.39 is 0 Å². The van der Waals surface area contributed by atoms with Gasteiger partial charge in [0.2, 0.25) is 0 Å². The number of hydrogen-bond acceptors (Lipinski definition) is 3. The molecule has 2 aromatic carbocycles. The van der Waals surface area contributed by atoms with E-state index >= 15 is 0 Å². The molecule has 3 rings (SSSR count). The number of ether oxygens (including phenoxy) is 1. The standard InChI is InChI=1S/C30H40N2O/c1-7-14-22(4)32(20-24-15-11-10-12-16-24)21-27-19-31-29(23(5)30(27)33-6)28-25(8-2)17-13-18-26(28)9-3/h10-13,15-19,22H,7-9,14,20-21H2,1-6H3. The Bertz CT molecular complexity index is 1010. The van der Waals surface area contributed by atoms with Gasteiger partial charge in [0.15, 0.2) is 0 Å². The molecule has 3 heteroatoms. The molecular formula is C30H40N2O. The number of aryl methyl sites for hydroxylation is 2. The third-order valence-corrected chi connectivity index (χ3v) is 6.71. The molecule has 33 heavy (non-hydrogen) atoms. The fourth-order valence-corrected chi connectivity index (χ4v) is 4.85. The summed E-state index contributed by atoms with van der Waals surface area (Å²) in [6.45, 7) is 12.9. The van der Waals surface area contributed by atoms with E-state index in [2.05, 4.69) is 88.0 Å². The number of aromatic nitrogens is 1. The third-order valence-electron chi connectivity index (χ3n) is 6.71. The molecule has 0 N–H and O–H groups in total. The number of methoxy groups -OCH3 is 1. The second-order valence-corrected chi connectivity index (χ2v) is 8.98. The number of hydrogen-bond donors (Lipinski definition) is 0. The van der Waals surface area contributed by atoms with Gasteiger partial charge in [0.1, 0.15) is 5.75 Å². The average Bonchev–Trinajstić information content (AvgIpc) is 2.84. The zero-order valence-corrected chi connectivity index (χ0v) is 21.3. The van der Waals surface area contributed by atoms with Crippen molar-refractivity contribution in [2.45, 2.75) is 79.4 Å². The van der Waals surface area contributed by atoms with Crippen LogP contribution in [-0.4, -0.2) is 23.0 Å². The van der Waals surface area contributed by atoms with E-state index in [4.69, 9.17) is 9.72 Å². The van der Waals surface area contributed by atoms with Crippen LogP contribution in [-0.2, 0) is 25.9 Å². The lowest BCUT2D eigenvalue weighted by Crippen LogP contribution is -2.32. The van der Waals surface area contributed by atoms with E-state index in [-0.39, 0.29) is 0 Å². The summed E-state index contributed by atoms with van der Waals surface area (Å²) in [6, 6.07) is 17.8. The van der Waals surface area contributed by atoms with Crippen LogP contribution >= 0.6 is 0 Å². The molecule has 0 fully saturated rings. The lowest BCUT2D eigenvalue weighted by molar-refractivity contribution is 0.178. The lowest BCUT2D eigenvalue weighted by atomic mass is 9.92. The van der Waals surface area contributed by atoms with Crippen LogP contribution in [0.4, 0.5) is 0 Å². The van der Waals surface area contributed by atoms with Gasteiger partial charge in [-0.15, -0.1) is 0 Å². The van der Waals surface area contributed by atoms with Gasteiger partial charge >= 0.3 is 0 Å². The molecular weight excluding hydrogens is 404 g/mol. The fourth-order valence-electron chi connectivity index (χ4n) is 4.85. The quantitative estimate of drug-likeness (QED) is 0.308. The first kappa shape index (κ1) is 25.0. The molecule has 0 spiro atoms.